The fraction of sp³-hybridized carbons (Fsp3) is 0.235. The van der Waals surface area contributed by atoms with Crippen molar-refractivity contribution in [3.05, 3.63) is 47.2 Å². The van der Waals surface area contributed by atoms with Crippen LogP contribution in [0.25, 0.3) is 10.8 Å². The Labute approximate surface area is 143 Å². The second-order valence-corrected chi connectivity index (χ2v) is 6.03. The molecule has 7 heteroatoms. The molecule has 1 N–H and O–H groups in total. The lowest BCUT2D eigenvalue weighted by Gasteiger charge is -2.06. The molecule has 0 saturated heterocycles. The van der Waals surface area contributed by atoms with E-state index in [0.717, 1.165) is 16.2 Å². The minimum atomic E-state index is -0.211. The molecule has 0 aliphatic carbocycles. The number of nitrogens with one attached hydrogen (secondary N) is 1. The van der Waals surface area contributed by atoms with E-state index in [1.165, 1.54) is 11.3 Å². The van der Waals surface area contributed by atoms with Crippen molar-refractivity contribution in [3.63, 3.8) is 0 Å². The molecule has 0 aliphatic heterocycles. The molecule has 0 saturated carbocycles. The molecule has 0 aliphatic rings. The van der Waals surface area contributed by atoms with Gasteiger partial charge in [0, 0.05) is 5.69 Å². The van der Waals surface area contributed by atoms with Crippen molar-refractivity contribution >= 4 is 22.9 Å². The predicted molar refractivity (Wildman–Crippen MR) is 92.3 cm³/mol. The Morgan fingerprint density at radius 3 is 2.71 bits per heavy atom. The van der Waals surface area contributed by atoms with E-state index >= 15 is 0 Å². The third-order valence-corrected chi connectivity index (χ3v) is 4.29. The van der Waals surface area contributed by atoms with Crippen LogP contribution in [-0.2, 0) is 11.2 Å². The molecular formula is C17H17N3O3S. The van der Waals surface area contributed by atoms with E-state index in [9.17, 15) is 4.79 Å². The Morgan fingerprint density at radius 1 is 1.25 bits per heavy atom. The number of thiophene rings is 1. The lowest BCUT2D eigenvalue weighted by atomic mass is 10.3. The summed E-state index contributed by atoms with van der Waals surface area (Å²) in [6.07, 6.45) is 0.0324. The second-order valence-electron chi connectivity index (χ2n) is 5.12. The number of nitrogens with zero attached hydrogens (tertiary/aromatic N) is 2. The summed E-state index contributed by atoms with van der Waals surface area (Å²) >= 11 is 1.53. The molecule has 1 aromatic carbocycles. The molecule has 0 bridgehead atoms. The van der Waals surface area contributed by atoms with Crippen molar-refractivity contribution < 1.29 is 13.9 Å². The van der Waals surface area contributed by atoms with Crippen molar-refractivity contribution in [2.45, 2.75) is 20.3 Å². The van der Waals surface area contributed by atoms with Crippen molar-refractivity contribution in [2.24, 2.45) is 0 Å². The van der Waals surface area contributed by atoms with Crippen molar-refractivity contribution in [3.8, 4) is 16.5 Å². The second kappa shape index (κ2) is 7.27. The van der Waals surface area contributed by atoms with Crippen molar-refractivity contribution in [1.29, 1.82) is 0 Å². The number of carbonyl (C=O) groups is 1. The molecule has 6 nitrogen and oxygen atoms in total. The van der Waals surface area contributed by atoms with E-state index < -0.39 is 0 Å². The summed E-state index contributed by atoms with van der Waals surface area (Å²) in [7, 11) is 0. The maximum absolute atomic E-state index is 12.1. The molecule has 124 valence electrons. The summed E-state index contributed by atoms with van der Waals surface area (Å²) in [4.78, 5) is 13.0. The number of anilines is 1. The highest BCUT2D eigenvalue weighted by Crippen LogP contribution is 2.27. The smallest absolute Gasteiger partial charge is 0.258 e. The van der Waals surface area contributed by atoms with Crippen LogP contribution < -0.4 is 10.1 Å². The van der Waals surface area contributed by atoms with Crippen LogP contribution in [0.1, 0.15) is 18.4 Å². The molecule has 0 fully saturated rings. The zero-order valence-electron chi connectivity index (χ0n) is 13.4. The first-order valence-corrected chi connectivity index (χ1v) is 8.43. The van der Waals surface area contributed by atoms with Gasteiger partial charge in [0.1, 0.15) is 12.2 Å². The summed E-state index contributed by atoms with van der Waals surface area (Å²) in [6.45, 7) is 4.51. The van der Waals surface area contributed by atoms with Gasteiger partial charge >= 0.3 is 0 Å². The Hall–Kier alpha value is -2.67. The van der Waals surface area contributed by atoms with Gasteiger partial charge in [-0.05, 0) is 55.1 Å². The van der Waals surface area contributed by atoms with Crippen LogP contribution in [0.15, 0.2) is 40.1 Å². The number of ether oxygens (including phenoxy) is 1. The van der Waals surface area contributed by atoms with E-state index in [1.54, 1.807) is 12.1 Å². The fourth-order valence-electron chi connectivity index (χ4n) is 2.15. The third-order valence-electron chi connectivity index (χ3n) is 3.28. The molecule has 0 atom stereocenters. The Balaban J connectivity index is 1.61. The van der Waals surface area contributed by atoms with Gasteiger partial charge in [0.2, 0.25) is 11.8 Å². The highest BCUT2D eigenvalue weighted by Gasteiger charge is 2.14. The topological polar surface area (TPSA) is 77.2 Å². The number of hydrogen-bond donors (Lipinski definition) is 1. The highest BCUT2D eigenvalue weighted by molar-refractivity contribution is 7.13. The van der Waals surface area contributed by atoms with Gasteiger partial charge in [-0.25, -0.2) is 0 Å². The van der Waals surface area contributed by atoms with Crippen LogP contribution >= 0.6 is 11.3 Å². The van der Waals surface area contributed by atoms with E-state index in [0.29, 0.717) is 24.1 Å². The Kier molecular flexibility index (Phi) is 4.90. The van der Waals surface area contributed by atoms with Crippen LogP contribution in [0.2, 0.25) is 0 Å². The molecule has 2 aromatic heterocycles. The number of hydrogen-bond acceptors (Lipinski definition) is 6. The van der Waals surface area contributed by atoms with Crippen LogP contribution in [0.4, 0.5) is 5.69 Å². The minimum Gasteiger partial charge on any atom is -0.494 e. The zero-order valence-corrected chi connectivity index (χ0v) is 14.2. The number of amides is 1. The molecule has 1 amide bonds. The van der Waals surface area contributed by atoms with Crippen LogP contribution in [-0.4, -0.2) is 22.7 Å². The first-order chi connectivity index (χ1) is 11.7. The van der Waals surface area contributed by atoms with Gasteiger partial charge in [-0.3, -0.25) is 4.79 Å². The average molecular weight is 343 g/mol. The molecule has 3 rings (SSSR count). The molecular weight excluding hydrogens is 326 g/mol. The molecule has 0 radical (unpaired) electrons. The van der Waals surface area contributed by atoms with Gasteiger partial charge in [-0.1, -0.05) is 0 Å². The monoisotopic (exact) mass is 343 g/mol. The predicted octanol–water partition coefficient (Wildman–Crippen LogP) is 3.69. The van der Waals surface area contributed by atoms with Gasteiger partial charge in [0.25, 0.3) is 5.89 Å². The van der Waals surface area contributed by atoms with E-state index in [4.69, 9.17) is 9.15 Å². The van der Waals surface area contributed by atoms with Crippen LogP contribution in [0.3, 0.4) is 0 Å². The maximum atomic E-state index is 12.1. The number of rotatable bonds is 6. The Bertz CT molecular complexity index is 824. The number of aryl methyl sites for hydroxylation is 1. The highest BCUT2D eigenvalue weighted by atomic mass is 32.1. The van der Waals surface area contributed by atoms with Crippen molar-refractivity contribution in [2.75, 3.05) is 11.9 Å². The van der Waals surface area contributed by atoms with Gasteiger partial charge in [0.15, 0.2) is 0 Å². The summed E-state index contributed by atoms with van der Waals surface area (Å²) in [5.74, 6) is 1.30. The summed E-state index contributed by atoms with van der Waals surface area (Å²) in [5, 5.41) is 12.7. The number of carbonyl (C=O) groups excluding carboxylic acids is 1. The number of aromatic nitrogens is 2. The van der Waals surface area contributed by atoms with E-state index in [-0.39, 0.29) is 12.3 Å². The maximum Gasteiger partial charge on any atom is 0.258 e. The van der Waals surface area contributed by atoms with Gasteiger partial charge in [0.05, 0.1) is 11.5 Å². The zero-order chi connectivity index (χ0) is 16.9. The minimum absolute atomic E-state index is 0.0324. The summed E-state index contributed by atoms with van der Waals surface area (Å²) in [5.41, 5.74) is 1.77. The number of benzene rings is 1. The van der Waals surface area contributed by atoms with Gasteiger partial charge in [-0.2, -0.15) is 0 Å². The van der Waals surface area contributed by atoms with Gasteiger partial charge < -0.3 is 14.5 Å². The first kappa shape index (κ1) is 16.2. The molecule has 3 aromatic rings. The molecule has 24 heavy (non-hydrogen) atoms. The van der Waals surface area contributed by atoms with Crippen LogP contribution in [0, 0.1) is 6.92 Å². The van der Waals surface area contributed by atoms with E-state index in [1.807, 2.05) is 37.4 Å². The first-order valence-electron chi connectivity index (χ1n) is 7.55. The van der Waals surface area contributed by atoms with Crippen molar-refractivity contribution in [1.82, 2.24) is 10.2 Å². The Morgan fingerprint density at radius 2 is 2.04 bits per heavy atom. The summed E-state index contributed by atoms with van der Waals surface area (Å²) in [6, 6.07) is 9.18. The molecule has 0 unspecified atom stereocenters. The standard InChI is InChI=1S/C17H17N3O3S/c1-3-22-13-6-4-12(5-7-13)18-14(21)10-15-19-20-17(23-15)16-11(2)8-9-24-16/h4-9H,3,10H2,1-2H3,(H,18,21). The third kappa shape index (κ3) is 3.80. The fourth-order valence-corrected chi connectivity index (χ4v) is 3.00. The average Bonchev–Trinajstić information content (AvgIpc) is 3.18. The molecule has 2 heterocycles. The van der Waals surface area contributed by atoms with Crippen LogP contribution in [0.5, 0.6) is 5.75 Å². The van der Waals surface area contributed by atoms with Gasteiger partial charge in [-0.15, -0.1) is 21.5 Å². The molecule has 0 spiro atoms. The lowest BCUT2D eigenvalue weighted by molar-refractivity contribution is -0.115. The SMILES string of the molecule is CCOc1ccc(NC(=O)Cc2nnc(-c3sccc3C)o2)cc1. The van der Waals surface area contributed by atoms with E-state index in [2.05, 4.69) is 15.5 Å². The quantitative estimate of drug-likeness (QED) is 0.738. The largest absolute Gasteiger partial charge is 0.494 e. The normalized spacial score (nSPS) is 10.6. The summed E-state index contributed by atoms with van der Waals surface area (Å²) < 4.78 is 10.9. The lowest BCUT2D eigenvalue weighted by Crippen LogP contribution is -2.14.